The number of hydrogen-bond acceptors (Lipinski definition) is 3. The topological polar surface area (TPSA) is 61.4 Å². The highest BCUT2D eigenvalue weighted by Crippen LogP contribution is 2.18. The molecule has 4 nitrogen and oxygen atoms in total. The zero-order valence-corrected chi connectivity index (χ0v) is 11.7. The first-order valence-corrected chi connectivity index (χ1v) is 7.07. The Morgan fingerprint density at radius 2 is 1.90 bits per heavy atom. The van der Waals surface area contributed by atoms with Crippen molar-refractivity contribution in [2.24, 2.45) is 0 Å². The van der Waals surface area contributed by atoms with Crippen molar-refractivity contribution >= 4 is 5.91 Å². The Kier molecular flexibility index (Phi) is 3.99. The molecule has 0 aliphatic carbocycles. The van der Waals surface area contributed by atoms with Gasteiger partial charge in [0, 0.05) is 18.7 Å². The predicted octanol–water partition coefficient (Wildman–Crippen LogP) is 1.75. The highest BCUT2D eigenvalue weighted by atomic mass is 16.3. The number of amides is 1. The van der Waals surface area contributed by atoms with Gasteiger partial charge < -0.3 is 15.7 Å². The molecule has 1 atom stereocenters. The van der Waals surface area contributed by atoms with Gasteiger partial charge in [-0.2, -0.15) is 0 Å². The van der Waals surface area contributed by atoms with Crippen LogP contribution in [0, 0.1) is 0 Å². The van der Waals surface area contributed by atoms with E-state index in [2.05, 4.69) is 10.6 Å². The van der Waals surface area contributed by atoms with Crippen LogP contribution in [0.4, 0.5) is 0 Å². The quantitative estimate of drug-likeness (QED) is 0.800. The van der Waals surface area contributed by atoms with Gasteiger partial charge in [-0.1, -0.05) is 36.4 Å². The normalized spacial score (nSPS) is 14.5. The van der Waals surface area contributed by atoms with Gasteiger partial charge in [-0.3, -0.25) is 4.79 Å². The lowest BCUT2D eigenvalue weighted by molar-refractivity contribution is 0.0916. The van der Waals surface area contributed by atoms with Crippen molar-refractivity contribution in [1.29, 1.82) is 0 Å². The largest absolute Gasteiger partial charge is 0.394 e. The Labute approximate surface area is 123 Å². The maximum atomic E-state index is 12.3. The Morgan fingerprint density at radius 1 is 1.14 bits per heavy atom. The molecule has 1 amide bonds. The monoisotopic (exact) mass is 282 g/mol. The summed E-state index contributed by atoms with van der Waals surface area (Å²) in [5.41, 5.74) is 3.94. The molecule has 0 spiro atoms. The van der Waals surface area contributed by atoms with E-state index in [0.29, 0.717) is 5.56 Å². The third-order valence-electron chi connectivity index (χ3n) is 3.79. The van der Waals surface area contributed by atoms with E-state index in [1.54, 1.807) is 0 Å². The van der Waals surface area contributed by atoms with Gasteiger partial charge in [-0.15, -0.1) is 0 Å². The zero-order valence-electron chi connectivity index (χ0n) is 11.7. The van der Waals surface area contributed by atoms with Crippen LogP contribution in [0.1, 0.15) is 33.1 Å². The molecule has 0 fully saturated rings. The highest BCUT2D eigenvalue weighted by molar-refractivity contribution is 5.94. The Morgan fingerprint density at radius 3 is 2.67 bits per heavy atom. The molecule has 1 aliphatic heterocycles. The summed E-state index contributed by atoms with van der Waals surface area (Å²) in [7, 11) is 0. The van der Waals surface area contributed by atoms with E-state index in [1.807, 2.05) is 48.5 Å². The van der Waals surface area contributed by atoms with Gasteiger partial charge in [0.2, 0.25) is 0 Å². The molecule has 1 heterocycles. The van der Waals surface area contributed by atoms with Gasteiger partial charge in [0.25, 0.3) is 5.91 Å². The van der Waals surface area contributed by atoms with Crippen LogP contribution in [0.3, 0.4) is 0 Å². The number of rotatable bonds is 4. The lowest BCUT2D eigenvalue weighted by Crippen LogP contribution is -2.30. The molecule has 2 aromatic rings. The van der Waals surface area contributed by atoms with Gasteiger partial charge in [0.05, 0.1) is 12.6 Å². The number of nitrogens with one attached hydrogen (secondary N) is 2. The molecule has 0 bridgehead atoms. The molecule has 108 valence electrons. The fourth-order valence-corrected chi connectivity index (χ4v) is 2.60. The van der Waals surface area contributed by atoms with Gasteiger partial charge in [-0.05, 0) is 28.8 Å². The van der Waals surface area contributed by atoms with Crippen LogP contribution in [0.25, 0.3) is 0 Å². The minimum Gasteiger partial charge on any atom is -0.394 e. The van der Waals surface area contributed by atoms with Gasteiger partial charge in [-0.25, -0.2) is 0 Å². The predicted molar refractivity (Wildman–Crippen MR) is 80.7 cm³/mol. The third kappa shape index (κ3) is 2.96. The summed E-state index contributed by atoms with van der Waals surface area (Å²) in [6, 6.07) is 14.8. The van der Waals surface area contributed by atoms with Crippen molar-refractivity contribution in [2.75, 3.05) is 6.61 Å². The first-order valence-electron chi connectivity index (χ1n) is 7.07. The molecule has 3 N–H and O–H groups in total. The number of carbonyl (C=O) groups is 1. The summed E-state index contributed by atoms with van der Waals surface area (Å²) in [6.07, 6.45) is 0. The summed E-state index contributed by atoms with van der Waals surface area (Å²) in [5, 5.41) is 15.6. The summed E-state index contributed by atoms with van der Waals surface area (Å²) >= 11 is 0. The fourth-order valence-electron chi connectivity index (χ4n) is 2.60. The van der Waals surface area contributed by atoms with Crippen molar-refractivity contribution in [3.8, 4) is 0 Å². The standard InChI is InChI=1S/C17H18N2O2/c20-11-16(12-4-2-1-3-5-12)19-17(21)13-6-7-14-9-18-10-15(14)8-13/h1-8,16,18,20H,9-11H2,(H,19,21). The molecule has 21 heavy (non-hydrogen) atoms. The van der Waals surface area contributed by atoms with Gasteiger partial charge >= 0.3 is 0 Å². The molecule has 0 radical (unpaired) electrons. The lowest BCUT2D eigenvalue weighted by Gasteiger charge is -2.17. The van der Waals surface area contributed by atoms with E-state index < -0.39 is 0 Å². The van der Waals surface area contributed by atoms with Crippen molar-refractivity contribution < 1.29 is 9.90 Å². The number of hydrogen-bond donors (Lipinski definition) is 3. The first-order chi connectivity index (χ1) is 10.3. The van der Waals surface area contributed by atoms with E-state index >= 15 is 0 Å². The first kappa shape index (κ1) is 13.8. The summed E-state index contributed by atoms with van der Waals surface area (Å²) in [6.45, 7) is 1.54. The zero-order chi connectivity index (χ0) is 14.7. The molecule has 0 saturated heterocycles. The van der Waals surface area contributed by atoms with Crippen LogP contribution in [-0.4, -0.2) is 17.6 Å². The molecule has 3 rings (SSSR count). The molecule has 1 unspecified atom stereocenters. The van der Waals surface area contributed by atoms with E-state index in [0.717, 1.165) is 18.7 Å². The second kappa shape index (κ2) is 6.08. The molecule has 0 aromatic heterocycles. The lowest BCUT2D eigenvalue weighted by atomic mass is 10.0. The second-order valence-corrected chi connectivity index (χ2v) is 5.21. The maximum absolute atomic E-state index is 12.3. The smallest absolute Gasteiger partial charge is 0.251 e. The van der Waals surface area contributed by atoms with Crippen molar-refractivity contribution in [2.45, 2.75) is 19.1 Å². The van der Waals surface area contributed by atoms with E-state index in [4.69, 9.17) is 0 Å². The minimum atomic E-state index is -0.384. The summed E-state index contributed by atoms with van der Waals surface area (Å²) < 4.78 is 0. The van der Waals surface area contributed by atoms with E-state index in [9.17, 15) is 9.90 Å². The number of benzene rings is 2. The molecular weight excluding hydrogens is 264 g/mol. The number of fused-ring (bicyclic) bond motifs is 1. The second-order valence-electron chi connectivity index (χ2n) is 5.21. The van der Waals surface area contributed by atoms with Crippen LogP contribution < -0.4 is 10.6 Å². The molecule has 1 aliphatic rings. The molecule has 0 saturated carbocycles. The Hall–Kier alpha value is -2.17. The average Bonchev–Trinajstić information content (AvgIpc) is 3.00. The summed E-state index contributed by atoms with van der Waals surface area (Å²) in [4.78, 5) is 12.3. The number of carbonyl (C=O) groups excluding carboxylic acids is 1. The van der Waals surface area contributed by atoms with Crippen molar-refractivity contribution in [1.82, 2.24) is 10.6 Å². The van der Waals surface area contributed by atoms with Crippen LogP contribution in [0.5, 0.6) is 0 Å². The fraction of sp³-hybridized carbons (Fsp3) is 0.235. The Balaban J connectivity index is 1.76. The van der Waals surface area contributed by atoms with E-state index in [-0.39, 0.29) is 18.6 Å². The van der Waals surface area contributed by atoms with E-state index in [1.165, 1.54) is 11.1 Å². The molecule has 2 aromatic carbocycles. The van der Waals surface area contributed by atoms with Crippen LogP contribution in [0.15, 0.2) is 48.5 Å². The SMILES string of the molecule is O=C(NC(CO)c1ccccc1)c1ccc2c(c1)CNC2. The average molecular weight is 282 g/mol. The van der Waals surface area contributed by atoms with Gasteiger partial charge in [0.1, 0.15) is 0 Å². The van der Waals surface area contributed by atoms with Crippen molar-refractivity contribution in [3.63, 3.8) is 0 Å². The molecular formula is C17H18N2O2. The highest BCUT2D eigenvalue weighted by Gasteiger charge is 2.17. The third-order valence-corrected chi connectivity index (χ3v) is 3.79. The van der Waals surface area contributed by atoms with Crippen LogP contribution in [0.2, 0.25) is 0 Å². The van der Waals surface area contributed by atoms with Crippen molar-refractivity contribution in [3.05, 3.63) is 70.8 Å². The maximum Gasteiger partial charge on any atom is 0.251 e. The number of aliphatic hydroxyl groups excluding tert-OH is 1. The minimum absolute atomic E-state index is 0.123. The van der Waals surface area contributed by atoms with Crippen LogP contribution >= 0.6 is 0 Å². The van der Waals surface area contributed by atoms with Gasteiger partial charge in [0.15, 0.2) is 0 Å². The number of aliphatic hydroxyl groups is 1. The Bertz CT molecular complexity index is 640. The van der Waals surface area contributed by atoms with Crippen LogP contribution in [-0.2, 0) is 13.1 Å². The summed E-state index contributed by atoms with van der Waals surface area (Å²) in [5.74, 6) is -0.160. The molecule has 4 heteroatoms.